The van der Waals surface area contributed by atoms with E-state index in [9.17, 15) is 9.59 Å². The molecule has 0 radical (unpaired) electrons. The van der Waals surface area contributed by atoms with Crippen molar-refractivity contribution in [3.8, 4) is 0 Å². The summed E-state index contributed by atoms with van der Waals surface area (Å²) in [6.07, 6.45) is 0. The molecule has 0 spiro atoms. The molecule has 0 aliphatic rings. The highest BCUT2D eigenvalue weighted by atomic mass is 16.4. The van der Waals surface area contributed by atoms with Crippen LogP contribution in [0.25, 0.3) is 0 Å². The molecule has 14 heavy (non-hydrogen) atoms. The van der Waals surface area contributed by atoms with Gasteiger partial charge in [-0.25, -0.2) is 4.79 Å². The number of carbonyl (C=O) groups is 1. The Hall–Kier alpha value is -1.58. The molecule has 0 aliphatic heterocycles. The lowest BCUT2D eigenvalue weighted by atomic mass is 10.1. The van der Waals surface area contributed by atoms with Crippen molar-refractivity contribution in [3.63, 3.8) is 0 Å². The number of hydrogen-bond donors (Lipinski definition) is 1. The third-order valence-electron chi connectivity index (χ3n) is 2.14. The van der Waals surface area contributed by atoms with E-state index in [1.165, 1.54) is 10.6 Å². The van der Waals surface area contributed by atoms with Gasteiger partial charge in [-0.2, -0.15) is 0 Å². The molecule has 0 fully saturated rings. The van der Waals surface area contributed by atoms with Crippen molar-refractivity contribution in [1.82, 2.24) is 4.57 Å². The molecule has 0 saturated heterocycles. The Bertz CT molecular complexity index is 418. The number of pyridine rings is 1. The van der Waals surface area contributed by atoms with Crippen LogP contribution in [-0.4, -0.2) is 15.6 Å². The highest BCUT2D eigenvalue weighted by molar-refractivity contribution is 5.87. The standard InChI is InChI=1S/C10H13NO3/c1-6(2)8-4-7(10(13)14)5-9(12)11(8)3/h4-6H,1-3H3,(H,13,14). The molecule has 0 aliphatic carbocycles. The molecule has 1 aromatic rings. The van der Waals surface area contributed by atoms with E-state index in [1.807, 2.05) is 13.8 Å². The van der Waals surface area contributed by atoms with Gasteiger partial charge in [0.05, 0.1) is 5.56 Å². The first-order valence-electron chi connectivity index (χ1n) is 4.37. The van der Waals surface area contributed by atoms with Crippen molar-refractivity contribution in [2.75, 3.05) is 0 Å². The second-order valence-corrected chi connectivity index (χ2v) is 3.53. The van der Waals surface area contributed by atoms with E-state index in [4.69, 9.17) is 5.11 Å². The summed E-state index contributed by atoms with van der Waals surface area (Å²) in [5.41, 5.74) is 0.500. The lowest BCUT2D eigenvalue weighted by molar-refractivity contribution is 0.0696. The monoisotopic (exact) mass is 195 g/mol. The first-order valence-corrected chi connectivity index (χ1v) is 4.37. The van der Waals surface area contributed by atoms with Crippen molar-refractivity contribution in [2.24, 2.45) is 7.05 Å². The number of carboxylic acids is 1. The van der Waals surface area contributed by atoms with Gasteiger partial charge in [0.2, 0.25) is 0 Å². The van der Waals surface area contributed by atoms with Crippen molar-refractivity contribution in [3.05, 3.63) is 33.7 Å². The second kappa shape index (κ2) is 3.65. The highest BCUT2D eigenvalue weighted by Crippen LogP contribution is 2.12. The maximum absolute atomic E-state index is 11.4. The minimum atomic E-state index is -1.07. The largest absolute Gasteiger partial charge is 0.478 e. The normalized spacial score (nSPS) is 10.6. The minimum Gasteiger partial charge on any atom is -0.478 e. The molecular weight excluding hydrogens is 182 g/mol. The third-order valence-corrected chi connectivity index (χ3v) is 2.14. The van der Waals surface area contributed by atoms with Crippen LogP contribution in [0.3, 0.4) is 0 Å². The maximum Gasteiger partial charge on any atom is 0.335 e. The fourth-order valence-electron chi connectivity index (χ4n) is 1.33. The van der Waals surface area contributed by atoms with Crippen LogP contribution in [0.1, 0.15) is 35.8 Å². The number of rotatable bonds is 2. The first-order chi connectivity index (χ1) is 6.43. The van der Waals surface area contributed by atoms with Crippen LogP contribution in [0, 0.1) is 0 Å². The minimum absolute atomic E-state index is 0.0526. The summed E-state index contributed by atoms with van der Waals surface area (Å²) in [5.74, 6) is -0.934. The van der Waals surface area contributed by atoms with Crippen LogP contribution >= 0.6 is 0 Å². The molecule has 4 nitrogen and oxygen atoms in total. The Morgan fingerprint density at radius 1 is 1.43 bits per heavy atom. The van der Waals surface area contributed by atoms with Crippen molar-refractivity contribution < 1.29 is 9.90 Å². The molecule has 0 bridgehead atoms. The Balaban J connectivity index is 3.43. The lowest BCUT2D eigenvalue weighted by Crippen LogP contribution is -2.22. The molecule has 1 N–H and O–H groups in total. The number of nitrogens with zero attached hydrogens (tertiary/aromatic N) is 1. The van der Waals surface area contributed by atoms with Crippen LogP contribution in [0.15, 0.2) is 16.9 Å². The summed E-state index contributed by atoms with van der Waals surface area (Å²) in [6.45, 7) is 3.83. The van der Waals surface area contributed by atoms with Crippen molar-refractivity contribution in [2.45, 2.75) is 19.8 Å². The SMILES string of the molecule is CC(C)c1cc(C(=O)O)cc(=O)n1C. The highest BCUT2D eigenvalue weighted by Gasteiger charge is 2.10. The zero-order valence-electron chi connectivity index (χ0n) is 8.44. The van der Waals surface area contributed by atoms with Crippen LogP contribution in [0.4, 0.5) is 0 Å². The topological polar surface area (TPSA) is 59.3 Å². The quantitative estimate of drug-likeness (QED) is 0.771. The van der Waals surface area contributed by atoms with Gasteiger partial charge in [-0.3, -0.25) is 4.79 Å². The predicted octanol–water partition coefficient (Wildman–Crippen LogP) is 1.21. The molecule has 1 rings (SSSR count). The van der Waals surface area contributed by atoms with Gasteiger partial charge in [-0.1, -0.05) is 13.8 Å². The summed E-state index contributed by atoms with van der Waals surface area (Å²) in [4.78, 5) is 22.1. The molecule has 4 heteroatoms. The van der Waals surface area contributed by atoms with Gasteiger partial charge in [-0.15, -0.1) is 0 Å². The van der Waals surface area contributed by atoms with Gasteiger partial charge < -0.3 is 9.67 Å². The average Bonchev–Trinajstić information content (AvgIpc) is 2.08. The van der Waals surface area contributed by atoms with E-state index < -0.39 is 5.97 Å². The Kier molecular flexibility index (Phi) is 2.74. The Morgan fingerprint density at radius 2 is 2.00 bits per heavy atom. The van der Waals surface area contributed by atoms with E-state index in [0.717, 1.165) is 11.8 Å². The fourth-order valence-corrected chi connectivity index (χ4v) is 1.33. The molecule has 0 aromatic carbocycles. The summed E-state index contributed by atoms with van der Waals surface area (Å²) in [7, 11) is 1.64. The van der Waals surface area contributed by atoms with Gasteiger partial charge in [-0.05, 0) is 12.0 Å². The van der Waals surface area contributed by atoms with Gasteiger partial charge in [0.25, 0.3) is 5.56 Å². The molecule has 1 aromatic heterocycles. The molecule has 0 saturated carbocycles. The van der Waals surface area contributed by atoms with Crippen LogP contribution in [0.5, 0.6) is 0 Å². The van der Waals surface area contributed by atoms with Gasteiger partial charge >= 0.3 is 5.97 Å². The van der Waals surface area contributed by atoms with Crippen LogP contribution in [0.2, 0.25) is 0 Å². The number of aromatic carboxylic acids is 1. The van der Waals surface area contributed by atoms with Crippen molar-refractivity contribution >= 4 is 5.97 Å². The van der Waals surface area contributed by atoms with E-state index in [0.29, 0.717) is 0 Å². The lowest BCUT2D eigenvalue weighted by Gasteiger charge is -2.11. The first kappa shape index (κ1) is 10.5. The van der Waals surface area contributed by atoms with Gasteiger partial charge in [0.15, 0.2) is 0 Å². The van der Waals surface area contributed by atoms with E-state index >= 15 is 0 Å². The van der Waals surface area contributed by atoms with E-state index in [2.05, 4.69) is 0 Å². The predicted molar refractivity (Wildman–Crippen MR) is 52.7 cm³/mol. The molecule has 1 heterocycles. The summed E-state index contributed by atoms with van der Waals surface area (Å²) >= 11 is 0. The second-order valence-electron chi connectivity index (χ2n) is 3.53. The van der Waals surface area contributed by atoms with Crippen LogP contribution < -0.4 is 5.56 Å². The number of carboxylic acid groups (broad SMARTS) is 1. The fraction of sp³-hybridized carbons (Fsp3) is 0.400. The number of aromatic nitrogens is 1. The molecule has 0 amide bonds. The smallest absolute Gasteiger partial charge is 0.335 e. The Labute approximate surface area is 81.8 Å². The molecular formula is C10H13NO3. The molecule has 0 unspecified atom stereocenters. The molecule has 0 atom stereocenters. The molecule has 76 valence electrons. The van der Waals surface area contributed by atoms with Crippen molar-refractivity contribution in [1.29, 1.82) is 0 Å². The van der Waals surface area contributed by atoms with Gasteiger partial charge in [0, 0.05) is 18.8 Å². The maximum atomic E-state index is 11.4. The number of hydrogen-bond acceptors (Lipinski definition) is 2. The zero-order chi connectivity index (χ0) is 10.9. The average molecular weight is 195 g/mol. The summed E-state index contributed by atoms with van der Waals surface area (Å²) < 4.78 is 1.47. The third kappa shape index (κ3) is 1.84. The zero-order valence-corrected chi connectivity index (χ0v) is 8.44. The summed E-state index contributed by atoms with van der Waals surface area (Å²) in [6, 6.07) is 2.67. The van der Waals surface area contributed by atoms with E-state index in [-0.39, 0.29) is 17.0 Å². The van der Waals surface area contributed by atoms with Gasteiger partial charge in [0.1, 0.15) is 0 Å². The van der Waals surface area contributed by atoms with E-state index in [1.54, 1.807) is 7.05 Å². The Morgan fingerprint density at radius 3 is 2.43 bits per heavy atom. The van der Waals surface area contributed by atoms with Crippen LogP contribution in [-0.2, 0) is 7.05 Å². The summed E-state index contributed by atoms with van der Waals surface area (Å²) in [5, 5.41) is 8.76.